The van der Waals surface area contributed by atoms with Crippen LogP contribution in [-0.4, -0.2) is 4.98 Å². The maximum Gasteiger partial charge on any atom is 0.0437 e. The molecule has 0 aromatic carbocycles. The van der Waals surface area contributed by atoms with Crippen molar-refractivity contribution in [3.63, 3.8) is 0 Å². The van der Waals surface area contributed by atoms with E-state index in [1.807, 2.05) is 6.20 Å². The maximum atomic E-state index is 4.55. The Balaban J connectivity index is 2.16. The standard InChI is InChI=1S/C14H21N/c1-11(2)13-8-9-15-14(10-13)12-6-4-3-5-7-12/h8-12H,3-7H2,1-2H3. The van der Waals surface area contributed by atoms with Gasteiger partial charge in [-0.1, -0.05) is 33.1 Å². The lowest BCUT2D eigenvalue weighted by atomic mass is 9.86. The highest BCUT2D eigenvalue weighted by molar-refractivity contribution is 5.22. The van der Waals surface area contributed by atoms with Crippen molar-refractivity contribution in [3.05, 3.63) is 29.6 Å². The second kappa shape index (κ2) is 4.78. The molecule has 0 atom stereocenters. The molecule has 15 heavy (non-hydrogen) atoms. The van der Waals surface area contributed by atoms with Gasteiger partial charge in [-0.05, 0) is 36.5 Å². The van der Waals surface area contributed by atoms with Crippen LogP contribution in [0, 0.1) is 0 Å². The van der Waals surface area contributed by atoms with E-state index in [0.717, 1.165) is 5.92 Å². The minimum absolute atomic E-state index is 0.621. The van der Waals surface area contributed by atoms with E-state index in [1.54, 1.807) is 0 Å². The molecule has 1 aliphatic rings. The molecule has 0 spiro atoms. The van der Waals surface area contributed by atoms with Gasteiger partial charge in [0.1, 0.15) is 0 Å². The Morgan fingerprint density at radius 3 is 2.60 bits per heavy atom. The van der Waals surface area contributed by atoms with Gasteiger partial charge in [-0.25, -0.2) is 0 Å². The Bertz CT molecular complexity index is 311. The molecule has 1 aliphatic carbocycles. The van der Waals surface area contributed by atoms with Crippen LogP contribution in [-0.2, 0) is 0 Å². The van der Waals surface area contributed by atoms with Crippen LogP contribution in [0.15, 0.2) is 18.3 Å². The Morgan fingerprint density at radius 2 is 1.93 bits per heavy atom. The Hall–Kier alpha value is -0.850. The zero-order valence-electron chi connectivity index (χ0n) is 9.87. The van der Waals surface area contributed by atoms with Crippen LogP contribution in [0.3, 0.4) is 0 Å². The Morgan fingerprint density at radius 1 is 1.20 bits per heavy atom. The van der Waals surface area contributed by atoms with E-state index in [-0.39, 0.29) is 0 Å². The fraction of sp³-hybridized carbons (Fsp3) is 0.643. The predicted octanol–water partition coefficient (Wildman–Crippen LogP) is 4.25. The summed E-state index contributed by atoms with van der Waals surface area (Å²) in [5, 5.41) is 0. The highest BCUT2D eigenvalue weighted by Crippen LogP contribution is 2.32. The van der Waals surface area contributed by atoms with Crippen molar-refractivity contribution in [2.45, 2.75) is 57.8 Å². The molecule has 0 amide bonds. The molecule has 0 bridgehead atoms. The predicted molar refractivity (Wildman–Crippen MR) is 64.2 cm³/mol. The van der Waals surface area contributed by atoms with Crippen LogP contribution in [0.2, 0.25) is 0 Å². The molecule has 0 unspecified atom stereocenters. The van der Waals surface area contributed by atoms with Crippen LogP contribution in [0.1, 0.15) is 69.0 Å². The molecule has 1 saturated carbocycles. The number of rotatable bonds is 2. The van der Waals surface area contributed by atoms with Crippen LogP contribution in [0.4, 0.5) is 0 Å². The van der Waals surface area contributed by atoms with Gasteiger partial charge >= 0.3 is 0 Å². The molecule has 1 heterocycles. The van der Waals surface area contributed by atoms with E-state index in [9.17, 15) is 0 Å². The molecule has 0 saturated heterocycles. The Kier molecular flexibility index (Phi) is 3.40. The van der Waals surface area contributed by atoms with Crippen molar-refractivity contribution >= 4 is 0 Å². The summed E-state index contributed by atoms with van der Waals surface area (Å²) in [4.78, 5) is 4.55. The Labute approximate surface area is 92.9 Å². The van der Waals surface area contributed by atoms with Crippen molar-refractivity contribution in [1.29, 1.82) is 0 Å². The zero-order chi connectivity index (χ0) is 10.7. The van der Waals surface area contributed by atoms with Crippen LogP contribution >= 0.6 is 0 Å². The molecule has 1 heteroatoms. The molecular weight excluding hydrogens is 182 g/mol. The van der Waals surface area contributed by atoms with E-state index in [4.69, 9.17) is 0 Å². The minimum Gasteiger partial charge on any atom is -0.261 e. The molecule has 2 rings (SSSR count). The molecule has 1 nitrogen and oxygen atoms in total. The second-order valence-corrected chi connectivity index (χ2v) is 5.00. The molecular formula is C14H21N. The first-order valence-electron chi connectivity index (χ1n) is 6.23. The van der Waals surface area contributed by atoms with Gasteiger partial charge in [0.15, 0.2) is 0 Å². The lowest BCUT2D eigenvalue weighted by molar-refractivity contribution is 0.436. The van der Waals surface area contributed by atoms with Crippen molar-refractivity contribution in [1.82, 2.24) is 4.98 Å². The van der Waals surface area contributed by atoms with E-state index >= 15 is 0 Å². The lowest BCUT2D eigenvalue weighted by Crippen LogP contribution is -2.07. The van der Waals surface area contributed by atoms with Crippen LogP contribution in [0.5, 0.6) is 0 Å². The fourth-order valence-electron chi connectivity index (χ4n) is 2.45. The third-order valence-electron chi connectivity index (χ3n) is 3.50. The third-order valence-corrected chi connectivity index (χ3v) is 3.50. The molecule has 82 valence electrons. The second-order valence-electron chi connectivity index (χ2n) is 5.00. The first-order valence-corrected chi connectivity index (χ1v) is 6.23. The van der Waals surface area contributed by atoms with Crippen molar-refractivity contribution < 1.29 is 0 Å². The van der Waals surface area contributed by atoms with Crippen molar-refractivity contribution in [3.8, 4) is 0 Å². The SMILES string of the molecule is CC(C)c1ccnc(C2CCCCC2)c1. The highest BCUT2D eigenvalue weighted by atomic mass is 14.7. The van der Waals surface area contributed by atoms with Gasteiger partial charge in [0.25, 0.3) is 0 Å². The van der Waals surface area contributed by atoms with E-state index in [2.05, 4.69) is 31.0 Å². The average Bonchev–Trinajstić information content (AvgIpc) is 2.30. The summed E-state index contributed by atoms with van der Waals surface area (Å²) >= 11 is 0. The van der Waals surface area contributed by atoms with E-state index in [1.165, 1.54) is 43.4 Å². The van der Waals surface area contributed by atoms with Gasteiger partial charge in [0.05, 0.1) is 0 Å². The summed E-state index contributed by atoms with van der Waals surface area (Å²) in [7, 11) is 0. The van der Waals surface area contributed by atoms with E-state index in [0.29, 0.717) is 5.92 Å². The summed E-state index contributed by atoms with van der Waals surface area (Å²) in [6.45, 7) is 4.50. The minimum atomic E-state index is 0.621. The third kappa shape index (κ3) is 2.58. The quantitative estimate of drug-likeness (QED) is 0.700. The van der Waals surface area contributed by atoms with Crippen molar-refractivity contribution in [2.75, 3.05) is 0 Å². The van der Waals surface area contributed by atoms with Crippen LogP contribution in [0.25, 0.3) is 0 Å². The normalized spacial score (nSPS) is 18.3. The number of pyridine rings is 1. The van der Waals surface area contributed by atoms with Gasteiger partial charge in [-0.15, -0.1) is 0 Å². The summed E-state index contributed by atoms with van der Waals surface area (Å²) in [5.74, 6) is 1.35. The fourth-order valence-corrected chi connectivity index (χ4v) is 2.45. The smallest absolute Gasteiger partial charge is 0.0437 e. The lowest BCUT2D eigenvalue weighted by Gasteiger charge is -2.21. The number of hydrogen-bond acceptors (Lipinski definition) is 1. The molecule has 1 aromatic rings. The highest BCUT2D eigenvalue weighted by Gasteiger charge is 2.17. The summed E-state index contributed by atoms with van der Waals surface area (Å²) < 4.78 is 0. The van der Waals surface area contributed by atoms with Gasteiger partial charge in [-0.3, -0.25) is 4.98 Å². The summed E-state index contributed by atoms with van der Waals surface area (Å²) in [6.07, 6.45) is 8.86. The van der Waals surface area contributed by atoms with Crippen LogP contribution < -0.4 is 0 Å². The van der Waals surface area contributed by atoms with Gasteiger partial charge < -0.3 is 0 Å². The molecule has 1 fully saturated rings. The molecule has 0 aliphatic heterocycles. The zero-order valence-corrected chi connectivity index (χ0v) is 9.87. The van der Waals surface area contributed by atoms with Crippen molar-refractivity contribution in [2.24, 2.45) is 0 Å². The maximum absolute atomic E-state index is 4.55. The largest absolute Gasteiger partial charge is 0.261 e. The monoisotopic (exact) mass is 203 g/mol. The average molecular weight is 203 g/mol. The topological polar surface area (TPSA) is 12.9 Å². The van der Waals surface area contributed by atoms with Gasteiger partial charge in [-0.2, -0.15) is 0 Å². The number of aromatic nitrogens is 1. The molecule has 1 aromatic heterocycles. The molecule has 0 radical (unpaired) electrons. The first kappa shape index (κ1) is 10.7. The number of hydrogen-bond donors (Lipinski definition) is 0. The van der Waals surface area contributed by atoms with E-state index < -0.39 is 0 Å². The molecule has 0 N–H and O–H groups in total. The first-order chi connectivity index (χ1) is 7.27. The van der Waals surface area contributed by atoms with Gasteiger partial charge in [0.2, 0.25) is 0 Å². The number of nitrogens with zero attached hydrogens (tertiary/aromatic N) is 1. The summed E-state index contributed by atoms with van der Waals surface area (Å²) in [5.41, 5.74) is 2.77. The van der Waals surface area contributed by atoms with Gasteiger partial charge in [0, 0.05) is 17.8 Å². The summed E-state index contributed by atoms with van der Waals surface area (Å²) in [6, 6.07) is 4.47.